The van der Waals surface area contributed by atoms with E-state index in [4.69, 9.17) is 0 Å². The molecule has 0 saturated carbocycles. The Bertz CT molecular complexity index is 419. The molecule has 2 unspecified atom stereocenters. The first-order valence-corrected chi connectivity index (χ1v) is 7.81. The SMILES string of the molecule is COC(=O)C(C)NC(=O)C(CC(C)C)NS(C)(=O)=O. The number of methoxy groups -OCH3 is 1. The highest BCUT2D eigenvalue weighted by Crippen LogP contribution is 2.06. The Labute approximate surface area is 114 Å². The Kier molecular flexibility index (Phi) is 6.99. The second-order valence-corrected chi connectivity index (χ2v) is 6.61. The average Bonchev–Trinajstić information content (AvgIpc) is 2.24. The number of carbonyl (C=O) groups is 2. The molecule has 0 aromatic rings. The molecule has 0 aromatic carbocycles. The molecule has 0 aliphatic rings. The van der Waals surface area contributed by atoms with Gasteiger partial charge in [-0.15, -0.1) is 0 Å². The van der Waals surface area contributed by atoms with Gasteiger partial charge in [-0.25, -0.2) is 17.9 Å². The minimum Gasteiger partial charge on any atom is -0.467 e. The standard InChI is InChI=1S/C11H22N2O5S/c1-7(2)6-9(13-19(5,16)17)10(14)12-8(3)11(15)18-4/h7-9,13H,6H2,1-5H3,(H,12,14). The molecule has 0 aliphatic heterocycles. The Balaban J connectivity index is 4.76. The van der Waals surface area contributed by atoms with Crippen molar-refractivity contribution < 1.29 is 22.7 Å². The van der Waals surface area contributed by atoms with E-state index in [1.165, 1.54) is 14.0 Å². The molecule has 0 fully saturated rings. The van der Waals surface area contributed by atoms with Crippen LogP contribution in [0.5, 0.6) is 0 Å². The summed E-state index contributed by atoms with van der Waals surface area (Å²) in [7, 11) is -2.29. The van der Waals surface area contributed by atoms with Gasteiger partial charge >= 0.3 is 5.97 Å². The van der Waals surface area contributed by atoms with Crippen LogP contribution in [0.15, 0.2) is 0 Å². The minimum absolute atomic E-state index is 0.124. The van der Waals surface area contributed by atoms with Crippen molar-refractivity contribution in [1.29, 1.82) is 0 Å². The lowest BCUT2D eigenvalue weighted by molar-refractivity contribution is -0.144. The van der Waals surface area contributed by atoms with Gasteiger partial charge in [0.25, 0.3) is 0 Å². The van der Waals surface area contributed by atoms with Gasteiger partial charge in [0.1, 0.15) is 12.1 Å². The molecule has 112 valence electrons. The Hall–Kier alpha value is -1.15. The molecule has 19 heavy (non-hydrogen) atoms. The van der Waals surface area contributed by atoms with Gasteiger partial charge in [-0.05, 0) is 19.3 Å². The summed E-state index contributed by atoms with van der Waals surface area (Å²) in [6, 6.07) is -1.73. The van der Waals surface area contributed by atoms with Crippen LogP contribution >= 0.6 is 0 Å². The number of ether oxygens (including phenoxy) is 1. The van der Waals surface area contributed by atoms with Gasteiger partial charge < -0.3 is 10.1 Å². The molecule has 0 bridgehead atoms. The van der Waals surface area contributed by atoms with E-state index in [2.05, 4.69) is 14.8 Å². The second-order valence-electron chi connectivity index (χ2n) is 4.83. The monoisotopic (exact) mass is 294 g/mol. The first-order chi connectivity index (χ1) is 8.56. The van der Waals surface area contributed by atoms with E-state index in [-0.39, 0.29) is 5.92 Å². The van der Waals surface area contributed by atoms with Gasteiger partial charge in [-0.1, -0.05) is 13.8 Å². The molecule has 1 amide bonds. The van der Waals surface area contributed by atoms with Gasteiger partial charge in [0.05, 0.1) is 13.4 Å². The molecule has 0 spiro atoms. The fourth-order valence-corrected chi connectivity index (χ4v) is 2.21. The van der Waals surface area contributed by atoms with E-state index in [0.29, 0.717) is 6.42 Å². The van der Waals surface area contributed by atoms with Crippen molar-refractivity contribution in [3.05, 3.63) is 0 Å². The smallest absolute Gasteiger partial charge is 0.328 e. The average molecular weight is 294 g/mol. The van der Waals surface area contributed by atoms with Crippen LogP contribution in [0.4, 0.5) is 0 Å². The molecule has 0 aliphatic carbocycles. The molecule has 0 aromatic heterocycles. The lowest BCUT2D eigenvalue weighted by atomic mass is 10.0. The van der Waals surface area contributed by atoms with Crippen molar-refractivity contribution in [2.24, 2.45) is 5.92 Å². The summed E-state index contributed by atoms with van der Waals surface area (Å²) in [4.78, 5) is 23.1. The third-order valence-electron chi connectivity index (χ3n) is 2.29. The van der Waals surface area contributed by atoms with E-state index in [9.17, 15) is 18.0 Å². The third-order valence-corrected chi connectivity index (χ3v) is 3.01. The van der Waals surface area contributed by atoms with Crippen LogP contribution in [0.1, 0.15) is 27.2 Å². The highest BCUT2D eigenvalue weighted by Gasteiger charge is 2.26. The fraction of sp³-hybridized carbons (Fsp3) is 0.818. The van der Waals surface area contributed by atoms with Crippen molar-refractivity contribution in [2.45, 2.75) is 39.3 Å². The summed E-state index contributed by atoms with van der Waals surface area (Å²) in [5.74, 6) is -1.01. The zero-order valence-electron chi connectivity index (χ0n) is 11.9. The summed E-state index contributed by atoms with van der Waals surface area (Å²) >= 11 is 0. The third kappa shape index (κ3) is 7.78. The van der Waals surface area contributed by atoms with Crippen LogP contribution in [0, 0.1) is 5.92 Å². The quantitative estimate of drug-likeness (QED) is 0.624. The maximum atomic E-state index is 11.9. The second kappa shape index (κ2) is 7.44. The topological polar surface area (TPSA) is 102 Å². The normalized spacial score (nSPS) is 14.8. The number of hydrogen-bond acceptors (Lipinski definition) is 5. The van der Waals surface area contributed by atoms with Crippen LogP contribution in [0.25, 0.3) is 0 Å². The Morgan fingerprint density at radius 3 is 2.11 bits per heavy atom. The van der Waals surface area contributed by atoms with Gasteiger partial charge in [0.2, 0.25) is 15.9 Å². The summed E-state index contributed by atoms with van der Waals surface area (Å²) in [6.07, 6.45) is 1.32. The van der Waals surface area contributed by atoms with E-state index < -0.39 is 34.0 Å². The van der Waals surface area contributed by atoms with Crippen LogP contribution in [-0.2, 0) is 24.3 Å². The number of carbonyl (C=O) groups excluding carboxylic acids is 2. The minimum atomic E-state index is -3.50. The summed E-state index contributed by atoms with van der Waals surface area (Å²) in [5.41, 5.74) is 0. The molecule has 8 heteroatoms. The molecular weight excluding hydrogens is 272 g/mol. The lowest BCUT2D eigenvalue weighted by Crippen LogP contribution is -2.51. The van der Waals surface area contributed by atoms with E-state index >= 15 is 0 Å². The molecule has 0 radical (unpaired) electrons. The van der Waals surface area contributed by atoms with Crippen molar-refractivity contribution in [3.8, 4) is 0 Å². The number of sulfonamides is 1. The van der Waals surface area contributed by atoms with Crippen molar-refractivity contribution in [1.82, 2.24) is 10.0 Å². The molecule has 7 nitrogen and oxygen atoms in total. The van der Waals surface area contributed by atoms with Crippen molar-refractivity contribution >= 4 is 21.9 Å². The highest BCUT2D eigenvalue weighted by atomic mass is 32.2. The maximum absolute atomic E-state index is 11.9. The van der Waals surface area contributed by atoms with Crippen LogP contribution in [0.3, 0.4) is 0 Å². The Morgan fingerprint density at radius 1 is 1.21 bits per heavy atom. The molecule has 0 heterocycles. The zero-order valence-corrected chi connectivity index (χ0v) is 12.7. The summed E-state index contributed by atoms with van der Waals surface area (Å²) in [5, 5.41) is 2.42. The first-order valence-electron chi connectivity index (χ1n) is 5.92. The van der Waals surface area contributed by atoms with Gasteiger partial charge in [-0.3, -0.25) is 4.79 Å². The van der Waals surface area contributed by atoms with Gasteiger partial charge in [-0.2, -0.15) is 0 Å². The fourth-order valence-electron chi connectivity index (χ4n) is 1.49. The van der Waals surface area contributed by atoms with Gasteiger partial charge in [0, 0.05) is 0 Å². The van der Waals surface area contributed by atoms with Crippen molar-refractivity contribution in [3.63, 3.8) is 0 Å². The number of amides is 1. The Morgan fingerprint density at radius 2 is 1.74 bits per heavy atom. The van der Waals surface area contributed by atoms with Crippen LogP contribution < -0.4 is 10.0 Å². The van der Waals surface area contributed by atoms with Crippen LogP contribution in [-0.4, -0.2) is 45.7 Å². The first kappa shape index (κ1) is 17.8. The van der Waals surface area contributed by atoms with E-state index in [0.717, 1.165) is 6.26 Å². The number of nitrogens with one attached hydrogen (secondary N) is 2. The van der Waals surface area contributed by atoms with Crippen molar-refractivity contribution in [2.75, 3.05) is 13.4 Å². The van der Waals surface area contributed by atoms with E-state index in [1.54, 1.807) is 0 Å². The van der Waals surface area contributed by atoms with Gasteiger partial charge in [0.15, 0.2) is 0 Å². The lowest BCUT2D eigenvalue weighted by Gasteiger charge is -2.20. The van der Waals surface area contributed by atoms with E-state index in [1.807, 2.05) is 13.8 Å². The molecule has 2 N–H and O–H groups in total. The maximum Gasteiger partial charge on any atom is 0.328 e. The largest absolute Gasteiger partial charge is 0.467 e. The summed E-state index contributed by atoms with van der Waals surface area (Å²) in [6.45, 7) is 5.21. The molecule has 2 atom stereocenters. The predicted octanol–water partition coefficient (Wildman–Crippen LogP) is -0.372. The van der Waals surface area contributed by atoms with Crippen LogP contribution in [0.2, 0.25) is 0 Å². The number of rotatable bonds is 7. The zero-order chi connectivity index (χ0) is 15.2. The number of hydrogen-bond donors (Lipinski definition) is 2. The molecule has 0 rings (SSSR count). The molecule has 0 saturated heterocycles. The molecular formula is C11H22N2O5S. The summed E-state index contributed by atoms with van der Waals surface area (Å²) < 4.78 is 29.2. The predicted molar refractivity (Wildman–Crippen MR) is 70.8 cm³/mol. The number of esters is 1. The highest BCUT2D eigenvalue weighted by molar-refractivity contribution is 7.88.